The molecule has 2 rings (SSSR count). The first-order valence-corrected chi connectivity index (χ1v) is 6.33. The monoisotopic (exact) mass is 356 g/mol. The van der Waals surface area contributed by atoms with Gasteiger partial charge in [-0.2, -0.15) is 0 Å². The van der Waals surface area contributed by atoms with Gasteiger partial charge in [0.05, 0.1) is 6.54 Å². The van der Waals surface area contributed by atoms with Crippen LogP contribution in [0.15, 0.2) is 17.0 Å². The minimum Gasteiger partial charge on any atom is -0.361 e. The second kappa shape index (κ2) is 7.39. The van der Waals surface area contributed by atoms with Crippen LogP contribution in [0, 0.1) is 0 Å². The van der Waals surface area contributed by atoms with Crippen molar-refractivity contribution < 1.29 is 23.1 Å². The minimum atomic E-state index is -5.00. The average molecular weight is 357 g/mol. The zero-order valence-corrected chi connectivity index (χ0v) is 11.8. The molecule has 6 nitrogen and oxygen atoms in total. The lowest BCUT2D eigenvalue weighted by molar-refractivity contribution is -0.295. The third kappa shape index (κ3) is 7.24. The van der Waals surface area contributed by atoms with Crippen molar-refractivity contribution in [3.63, 3.8) is 0 Å². The second-order valence-corrected chi connectivity index (χ2v) is 4.59. The molecule has 1 amide bonds. The van der Waals surface area contributed by atoms with Crippen LogP contribution in [0.1, 0.15) is 6.42 Å². The number of carbonyl (C=O) groups excluding carboxylic acids is 1. The quantitative estimate of drug-likeness (QED) is 0.800. The third-order valence-electron chi connectivity index (χ3n) is 2.26. The standard InChI is InChI=1S/C9H11BrN4O.CHF3O/c10-7-4-8(13-6-12-7)11-5-9(15)14-2-1-3-14;2-1(3,4)5/h4,6H,1-3,5H2,(H,11,12,13);5H. The Morgan fingerprint density at radius 1 is 1.45 bits per heavy atom. The summed E-state index contributed by atoms with van der Waals surface area (Å²) in [5.74, 6) is 0.779. The number of anilines is 1. The van der Waals surface area contributed by atoms with Gasteiger partial charge in [-0.15, -0.1) is 13.2 Å². The Morgan fingerprint density at radius 2 is 2.05 bits per heavy atom. The van der Waals surface area contributed by atoms with Crippen LogP contribution < -0.4 is 5.32 Å². The lowest BCUT2D eigenvalue weighted by atomic mass is 10.2. The van der Waals surface area contributed by atoms with Gasteiger partial charge < -0.3 is 15.3 Å². The Bertz CT molecular complexity index is 448. The van der Waals surface area contributed by atoms with Crippen molar-refractivity contribution in [3.8, 4) is 0 Å². The average Bonchev–Trinajstić information content (AvgIpc) is 2.22. The molecule has 10 heteroatoms. The van der Waals surface area contributed by atoms with Crippen LogP contribution in [0.5, 0.6) is 0 Å². The minimum absolute atomic E-state index is 0.121. The summed E-state index contributed by atoms with van der Waals surface area (Å²) in [7, 11) is 0. The zero-order valence-electron chi connectivity index (χ0n) is 10.2. The van der Waals surface area contributed by atoms with Gasteiger partial charge >= 0.3 is 6.36 Å². The molecule has 0 bridgehead atoms. The van der Waals surface area contributed by atoms with Crippen LogP contribution in [0.25, 0.3) is 0 Å². The highest BCUT2D eigenvalue weighted by Gasteiger charge is 2.20. The number of rotatable bonds is 3. The number of nitrogens with one attached hydrogen (secondary N) is 1. The zero-order chi connectivity index (χ0) is 15.2. The fourth-order valence-electron chi connectivity index (χ4n) is 1.27. The lowest BCUT2D eigenvalue weighted by Gasteiger charge is -2.30. The molecule has 2 heterocycles. The van der Waals surface area contributed by atoms with E-state index < -0.39 is 6.36 Å². The maximum atomic E-state index is 11.5. The summed E-state index contributed by atoms with van der Waals surface area (Å²) in [6.45, 7) is 2.06. The number of hydrogen-bond donors (Lipinski definition) is 2. The number of carbonyl (C=O) groups is 1. The van der Waals surface area contributed by atoms with Crippen molar-refractivity contribution in [3.05, 3.63) is 17.0 Å². The van der Waals surface area contributed by atoms with Crippen molar-refractivity contribution in [1.29, 1.82) is 0 Å². The summed E-state index contributed by atoms with van der Waals surface area (Å²) < 4.78 is 30.4. The Hall–Kier alpha value is -1.42. The molecule has 1 aliphatic rings. The van der Waals surface area contributed by atoms with Gasteiger partial charge in [0.1, 0.15) is 16.7 Å². The predicted octanol–water partition coefficient (Wildman–Crippen LogP) is 1.38. The number of hydrogen-bond acceptors (Lipinski definition) is 5. The van der Waals surface area contributed by atoms with Crippen LogP contribution in [0.2, 0.25) is 0 Å². The molecule has 1 saturated heterocycles. The number of likely N-dealkylation sites (tertiary alicyclic amines) is 1. The number of amides is 1. The van der Waals surface area contributed by atoms with Gasteiger partial charge in [0.25, 0.3) is 0 Å². The fraction of sp³-hybridized carbons (Fsp3) is 0.500. The van der Waals surface area contributed by atoms with Crippen LogP contribution in [-0.4, -0.2) is 51.9 Å². The number of aliphatic hydroxyl groups is 1. The first-order chi connectivity index (χ1) is 9.25. The van der Waals surface area contributed by atoms with Crippen LogP contribution in [0.3, 0.4) is 0 Å². The van der Waals surface area contributed by atoms with E-state index in [9.17, 15) is 18.0 Å². The molecule has 0 atom stereocenters. The van der Waals surface area contributed by atoms with Crippen molar-refractivity contribution in [2.24, 2.45) is 0 Å². The van der Waals surface area contributed by atoms with Crippen molar-refractivity contribution >= 4 is 27.7 Å². The van der Waals surface area contributed by atoms with Gasteiger partial charge in [-0.25, -0.2) is 9.97 Å². The van der Waals surface area contributed by atoms with E-state index in [1.165, 1.54) is 6.33 Å². The Balaban J connectivity index is 0.000000347. The number of nitrogens with zero attached hydrogens (tertiary/aromatic N) is 3. The van der Waals surface area contributed by atoms with Gasteiger partial charge in [-0.1, -0.05) is 0 Å². The summed E-state index contributed by atoms with van der Waals surface area (Å²) in [5.41, 5.74) is 0. The first kappa shape index (κ1) is 16.6. The summed E-state index contributed by atoms with van der Waals surface area (Å²) in [6, 6.07) is 1.74. The first-order valence-electron chi connectivity index (χ1n) is 5.54. The smallest absolute Gasteiger partial charge is 0.361 e. The molecular formula is C10H12BrF3N4O2. The second-order valence-electron chi connectivity index (χ2n) is 3.78. The molecule has 20 heavy (non-hydrogen) atoms. The van der Waals surface area contributed by atoms with E-state index in [0.29, 0.717) is 17.0 Å². The summed E-state index contributed by atoms with van der Waals surface area (Å²) >= 11 is 3.24. The fourth-order valence-corrected chi connectivity index (χ4v) is 1.58. The normalized spacial score (nSPS) is 13.9. The molecule has 0 spiro atoms. The summed E-state index contributed by atoms with van der Waals surface area (Å²) in [6.07, 6.45) is -2.44. The number of aromatic nitrogens is 2. The Morgan fingerprint density at radius 3 is 2.50 bits per heavy atom. The molecule has 0 radical (unpaired) electrons. The largest absolute Gasteiger partial charge is 0.519 e. The summed E-state index contributed by atoms with van der Waals surface area (Å²) in [4.78, 5) is 21.2. The lowest BCUT2D eigenvalue weighted by Crippen LogP contribution is -2.44. The van der Waals surface area contributed by atoms with Gasteiger partial charge in [-0.3, -0.25) is 4.79 Å². The van der Waals surface area contributed by atoms with E-state index in [1.807, 2.05) is 4.90 Å². The van der Waals surface area contributed by atoms with Crippen LogP contribution >= 0.6 is 15.9 Å². The molecular weight excluding hydrogens is 345 g/mol. The number of halogens is 4. The molecule has 0 aliphatic carbocycles. The molecule has 1 aromatic heterocycles. The topological polar surface area (TPSA) is 78.4 Å². The van der Waals surface area contributed by atoms with Crippen molar-refractivity contribution in [1.82, 2.24) is 14.9 Å². The molecule has 0 saturated carbocycles. The van der Waals surface area contributed by atoms with Gasteiger partial charge in [0.15, 0.2) is 0 Å². The highest BCUT2D eigenvalue weighted by Crippen LogP contribution is 2.10. The van der Waals surface area contributed by atoms with E-state index in [0.717, 1.165) is 19.5 Å². The highest BCUT2D eigenvalue weighted by atomic mass is 79.9. The van der Waals surface area contributed by atoms with Crippen molar-refractivity contribution in [2.45, 2.75) is 12.8 Å². The Labute approximate surface area is 121 Å². The van der Waals surface area contributed by atoms with E-state index in [-0.39, 0.29) is 5.91 Å². The molecule has 1 aromatic rings. The van der Waals surface area contributed by atoms with E-state index in [2.05, 4.69) is 31.2 Å². The van der Waals surface area contributed by atoms with Gasteiger partial charge in [0, 0.05) is 19.2 Å². The van der Waals surface area contributed by atoms with Crippen LogP contribution in [0.4, 0.5) is 19.0 Å². The predicted molar refractivity (Wildman–Crippen MR) is 67.7 cm³/mol. The summed E-state index contributed by atoms with van der Waals surface area (Å²) in [5, 5.41) is 9.48. The van der Waals surface area contributed by atoms with Gasteiger partial charge in [-0.05, 0) is 22.4 Å². The maximum Gasteiger partial charge on any atom is 0.519 e. The van der Waals surface area contributed by atoms with Gasteiger partial charge in [0.2, 0.25) is 5.91 Å². The van der Waals surface area contributed by atoms with E-state index in [1.54, 1.807) is 6.07 Å². The molecule has 112 valence electrons. The SMILES string of the molecule is O=C(CNc1cc(Br)ncn1)N1CCC1.OC(F)(F)F. The van der Waals surface area contributed by atoms with Crippen molar-refractivity contribution in [2.75, 3.05) is 25.0 Å². The molecule has 1 fully saturated rings. The highest BCUT2D eigenvalue weighted by molar-refractivity contribution is 9.10. The molecule has 0 unspecified atom stereocenters. The molecule has 1 aliphatic heterocycles. The molecule has 2 N–H and O–H groups in total. The third-order valence-corrected chi connectivity index (χ3v) is 2.70. The van der Waals surface area contributed by atoms with Crippen LogP contribution in [-0.2, 0) is 4.79 Å². The Kier molecular flexibility index (Phi) is 6.14. The van der Waals surface area contributed by atoms with E-state index in [4.69, 9.17) is 5.11 Å². The van der Waals surface area contributed by atoms with E-state index >= 15 is 0 Å². The molecule has 0 aromatic carbocycles. The maximum absolute atomic E-state index is 11.5. The number of alkyl halides is 3.